The molecule has 5 N–H and O–H groups in total. The van der Waals surface area contributed by atoms with Gasteiger partial charge in [-0.25, -0.2) is 21.5 Å². The minimum Gasteiger partial charge on any atom is -0.497 e. The molecule has 338 valence electrons. The molecule has 1 aliphatic rings. The van der Waals surface area contributed by atoms with Crippen LogP contribution in [0.2, 0.25) is 0 Å². The maximum atomic E-state index is 12.4. The lowest BCUT2D eigenvalue weighted by Gasteiger charge is -2.22. The van der Waals surface area contributed by atoms with Crippen molar-refractivity contribution in [2.75, 3.05) is 47.2 Å². The molecule has 3 rings (SSSR count). The molecule has 0 unspecified atom stereocenters. The molecule has 14 nitrogen and oxygen atoms in total. The van der Waals surface area contributed by atoms with E-state index in [2.05, 4.69) is 53.0 Å². The highest BCUT2D eigenvalue weighted by Gasteiger charge is 2.35. The van der Waals surface area contributed by atoms with Crippen LogP contribution in [0, 0.1) is 17.6 Å². The quantitative estimate of drug-likeness (QED) is 0.0975. The van der Waals surface area contributed by atoms with Gasteiger partial charge in [0, 0.05) is 70.4 Å². The molecule has 1 aliphatic carbocycles. The third-order valence-electron chi connectivity index (χ3n) is 8.20. The summed E-state index contributed by atoms with van der Waals surface area (Å²) in [5.74, 6) is -2.66. The summed E-state index contributed by atoms with van der Waals surface area (Å²) in [5, 5.41) is 20.6. The molecule has 0 spiro atoms. The van der Waals surface area contributed by atoms with Gasteiger partial charge in [0.1, 0.15) is 23.5 Å². The van der Waals surface area contributed by atoms with Crippen molar-refractivity contribution >= 4 is 34.2 Å². The summed E-state index contributed by atoms with van der Waals surface area (Å²) in [7, 11) is 0.834. The molecule has 4 atom stereocenters. The fourth-order valence-electron chi connectivity index (χ4n) is 5.10. The average molecular weight is 868 g/mol. The lowest BCUT2D eigenvalue weighted by molar-refractivity contribution is -0.134. The van der Waals surface area contributed by atoms with E-state index in [0.717, 1.165) is 35.6 Å². The minimum absolute atomic E-state index is 0.0863. The number of aliphatic hydroxyl groups excluding tert-OH is 1. The Morgan fingerprint density at radius 2 is 1.58 bits per heavy atom. The van der Waals surface area contributed by atoms with Crippen LogP contribution in [0.1, 0.15) is 65.4 Å². The predicted molar refractivity (Wildman–Crippen MR) is 232 cm³/mol. The highest BCUT2D eigenvalue weighted by Crippen LogP contribution is 2.30. The number of halogens is 2. The molecule has 0 heterocycles. The smallest absolute Gasteiger partial charge is 0.249 e. The van der Waals surface area contributed by atoms with Gasteiger partial charge in [-0.1, -0.05) is 95.8 Å². The largest absolute Gasteiger partial charge is 0.497 e. The van der Waals surface area contributed by atoms with Gasteiger partial charge >= 0.3 is 0 Å². The van der Waals surface area contributed by atoms with Crippen molar-refractivity contribution in [1.82, 2.24) is 25.6 Å². The van der Waals surface area contributed by atoms with Crippen molar-refractivity contribution in [3.8, 4) is 5.75 Å². The molecule has 0 aromatic heterocycles. The van der Waals surface area contributed by atoms with Crippen LogP contribution in [0.4, 0.5) is 8.78 Å². The first kappa shape index (κ1) is 57.1. The summed E-state index contributed by atoms with van der Waals surface area (Å²) in [6.45, 7) is 16.0. The zero-order chi connectivity index (χ0) is 46.1. The molecule has 60 heavy (non-hydrogen) atoms. The van der Waals surface area contributed by atoms with Crippen molar-refractivity contribution in [2.24, 2.45) is 5.92 Å². The first-order chi connectivity index (χ1) is 28.5. The number of methoxy groups -OCH3 is 2. The normalized spacial score (nSPS) is 15.2. The molecular weight excluding hydrogens is 801 g/mol. The van der Waals surface area contributed by atoms with Crippen LogP contribution in [0.15, 0.2) is 85.5 Å². The molecule has 4 amide bonds. The number of amides is 4. The van der Waals surface area contributed by atoms with E-state index in [0.29, 0.717) is 32.2 Å². The van der Waals surface area contributed by atoms with Crippen LogP contribution < -0.4 is 26.0 Å². The lowest BCUT2D eigenvalue weighted by Crippen LogP contribution is -2.45. The molecular formula is C43H67F2N5O9S. The number of carbonyl (C=O) groups is 4. The van der Waals surface area contributed by atoms with Gasteiger partial charge in [0.05, 0.1) is 26.0 Å². The Hall–Kier alpha value is -4.97. The van der Waals surface area contributed by atoms with Gasteiger partial charge in [-0.05, 0) is 30.4 Å². The van der Waals surface area contributed by atoms with Crippen molar-refractivity contribution < 1.29 is 51.0 Å². The van der Waals surface area contributed by atoms with Crippen LogP contribution in [0.25, 0.3) is 0 Å². The Morgan fingerprint density at radius 1 is 0.983 bits per heavy atom. The van der Waals surface area contributed by atoms with Crippen LogP contribution in [-0.2, 0) is 40.5 Å². The number of rotatable bonds is 19. The fraction of sp³-hybridized carbons (Fsp3) is 0.488. The Morgan fingerprint density at radius 3 is 2.08 bits per heavy atom. The number of benzene rings is 2. The molecule has 1 fully saturated rings. The van der Waals surface area contributed by atoms with Crippen molar-refractivity contribution in [2.45, 2.75) is 84.6 Å². The topological polar surface area (TPSA) is 192 Å². The number of allylic oxidation sites excluding steroid dienone is 2. The summed E-state index contributed by atoms with van der Waals surface area (Å²) >= 11 is 0. The van der Waals surface area contributed by atoms with Crippen molar-refractivity contribution in [1.29, 1.82) is 0 Å². The number of nitrogens with one attached hydrogen (secondary N) is 4. The van der Waals surface area contributed by atoms with Crippen LogP contribution >= 0.6 is 0 Å². The monoisotopic (exact) mass is 867 g/mol. The van der Waals surface area contributed by atoms with E-state index in [1.165, 1.54) is 32.0 Å². The second-order valence-corrected chi connectivity index (χ2v) is 15.0. The Bertz CT molecular complexity index is 1680. The number of sulfonamides is 1. The second kappa shape index (κ2) is 33.8. The van der Waals surface area contributed by atoms with E-state index in [4.69, 9.17) is 4.74 Å². The molecule has 0 bridgehead atoms. The van der Waals surface area contributed by atoms with Gasteiger partial charge in [-0.2, -0.15) is 0 Å². The van der Waals surface area contributed by atoms with E-state index >= 15 is 0 Å². The van der Waals surface area contributed by atoms with Crippen LogP contribution in [-0.4, -0.2) is 107 Å². The summed E-state index contributed by atoms with van der Waals surface area (Å²) in [4.78, 5) is 46.6. The molecule has 0 radical (unpaired) electrons. The van der Waals surface area contributed by atoms with Crippen molar-refractivity contribution in [3.05, 3.63) is 103 Å². The molecule has 17 heteroatoms. The van der Waals surface area contributed by atoms with E-state index in [9.17, 15) is 41.5 Å². The average Bonchev–Trinajstić information content (AvgIpc) is 3.73. The van der Waals surface area contributed by atoms with Crippen LogP contribution in [0.5, 0.6) is 5.75 Å². The Kier molecular flexibility index (Phi) is 32.2. The first-order valence-corrected chi connectivity index (χ1v) is 21.5. The molecule has 2 aromatic carbocycles. The van der Waals surface area contributed by atoms with E-state index in [-0.39, 0.29) is 49.7 Å². The van der Waals surface area contributed by atoms with E-state index in [1.54, 1.807) is 18.2 Å². The lowest BCUT2D eigenvalue weighted by atomic mass is 10.1. The van der Waals surface area contributed by atoms with Gasteiger partial charge in [-0.15, -0.1) is 0 Å². The molecule has 1 saturated carbocycles. The maximum Gasteiger partial charge on any atom is 0.249 e. The fourth-order valence-corrected chi connectivity index (χ4v) is 5.83. The van der Waals surface area contributed by atoms with Gasteiger partial charge in [0.2, 0.25) is 34.2 Å². The van der Waals surface area contributed by atoms with Gasteiger partial charge in [0.25, 0.3) is 0 Å². The Balaban J connectivity index is 0. The van der Waals surface area contributed by atoms with Crippen molar-refractivity contribution in [3.63, 3.8) is 0 Å². The Labute approximate surface area is 355 Å². The third kappa shape index (κ3) is 26.2. The SMILES string of the molecule is C=C/C=C(\C=C)CNC(=O)CNC(=O)[C@@H](C[C@H](O)CNC(=O)[C@H]1CC[C@@H](N(C)S(C)(=O)=O)C1)OC.CC.CCC.COc1cc(F)cc(F)c1.O=CNCc1ccccc1. The molecule has 0 saturated heterocycles. The number of hydrogen-bond donors (Lipinski definition) is 5. The first-order valence-electron chi connectivity index (χ1n) is 19.6. The molecule has 2 aromatic rings. The predicted octanol–water partition coefficient (Wildman–Crippen LogP) is 4.81. The highest BCUT2D eigenvalue weighted by atomic mass is 32.2. The van der Waals surface area contributed by atoms with Crippen LogP contribution in [0.3, 0.4) is 0 Å². The summed E-state index contributed by atoms with van der Waals surface area (Å²) in [5.41, 5.74) is 1.88. The zero-order valence-corrected chi connectivity index (χ0v) is 37.2. The highest BCUT2D eigenvalue weighted by molar-refractivity contribution is 7.88. The maximum absolute atomic E-state index is 12.4. The number of ether oxygens (including phenoxy) is 2. The van der Waals surface area contributed by atoms with Gasteiger partial charge < -0.3 is 35.8 Å². The minimum atomic E-state index is -3.33. The summed E-state index contributed by atoms with van der Waals surface area (Å²) < 4.78 is 59.0. The number of carbonyl (C=O) groups excluding carboxylic acids is 4. The number of nitrogens with zero attached hydrogens (tertiary/aromatic N) is 1. The number of hydrogen-bond acceptors (Lipinski definition) is 9. The second-order valence-electron chi connectivity index (χ2n) is 13.0. The van der Waals surface area contributed by atoms with Gasteiger partial charge in [-0.3, -0.25) is 19.2 Å². The van der Waals surface area contributed by atoms with E-state index < -0.39 is 45.7 Å². The zero-order valence-electron chi connectivity index (χ0n) is 36.3. The third-order valence-corrected chi connectivity index (χ3v) is 9.54. The standard InChI is InChI=1S/C23H38N4O7S.C8H9NO.C7H6F2O.C3H8.C2H6/c1-6-8-16(7-2)13-24-21(29)15-26-23(31)20(34-4)12-19(28)14-25-22(30)17-9-10-18(11-17)27(3)35(5,32)33;10-7-9-6-8-4-2-1-3-5-8;1-10-7-3-5(8)2-6(9)4-7;1-3-2;1-2/h6-8,17-20,28H,1-2,9-15H2,3-5H3,(H,24,29)(H,25,30)(H,26,31);1-5,7H,6H2,(H,9,10);2-4H,1H3;3H2,1-2H3;1-2H3/b16-8+;;;;/t17-,18+,19-,20+;;;;/m0..../s1. The summed E-state index contributed by atoms with van der Waals surface area (Å²) in [6.07, 6.45) is 7.33. The molecule has 0 aliphatic heterocycles. The van der Waals surface area contributed by atoms with E-state index in [1.807, 2.05) is 44.2 Å². The van der Waals surface area contributed by atoms with Gasteiger partial charge in [0.15, 0.2) is 0 Å². The number of aliphatic hydroxyl groups is 1. The summed E-state index contributed by atoms with van der Waals surface area (Å²) in [6, 6.07) is 12.6.